The Kier molecular flexibility index (Phi) is 8.46. The maximum Gasteiger partial charge on any atom is 0.133 e. The van der Waals surface area contributed by atoms with Gasteiger partial charge in [-0.3, -0.25) is 4.79 Å². The van der Waals surface area contributed by atoms with Gasteiger partial charge in [-0.15, -0.1) is 0 Å². The molecule has 7 atom stereocenters. The van der Waals surface area contributed by atoms with E-state index < -0.39 is 0 Å². The Morgan fingerprint density at radius 3 is 2.40 bits per heavy atom. The largest absolute Gasteiger partial charge is 0.396 e. The van der Waals surface area contributed by atoms with Crippen LogP contribution >= 0.6 is 0 Å². The van der Waals surface area contributed by atoms with Gasteiger partial charge in [-0.1, -0.05) is 40.5 Å². The van der Waals surface area contributed by atoms with Crippen molar-refractivity contribution < 1.29 is 14.6 Å². The number of ether oxygens (including phenoxy) is 1. The maximum absolute atomic E-state index is 12.1. The highest BCUT2D eigenvalue weighted by atomic mass is 16.5. The molecule has 7 unspecified atom stereocenters. The van der Waals surface area contributed by atoms with Gasteiger partial charge >= 0.3 is 0 Å². The fourth-order valence-electron chi connectivity index (χ4n) is 8.06. The normalized spacial score (nSPS) is 42.6. The number of unbranched alkanes of at least 4 members (excludes halogenated alkanes) is 3. The molecule has 0 heterocycles. The summed E-state index contributed by atoms with van der Waals surface area (Å²) < 4.78 is 6.47. The smallest absolute Gasteiger partial charge is 0.133 e. The van der Waals surface area contributed by atoms with Crippen LogP contribution in [0, 0.1) is 34.5 Å². The van der Waals surface area contributed by atoms with E-state index in [1.807, 2.05) is 13.8 Å². The second-order valence-electron chi connectivity index (χ2n) is 11.0. The van der Waals surface area contributed by atoms with Gasteiger partial charge < -0.3 is 9.84 Å². The molecule has 0 spiro atoms. The molecule has 0 bridgehead atoms. The van der Waals surface area contributed by atoms with Gasteiger partial charge in [0.2, 0.25) is 0 Å². The van der Waals surface area contributed by atoms with Crippen molar-refractivity contribution in [3.63, 3.8) is 0 Å². The van der Waals surface area contributed by atoms with Crippen molar-refractivity contribution in [2.24, 2.45) is 34.5 Å². The summed E-state index contributed by atoms with van der Waals surface area (Å²) in [7, 11) is 0. The van der Waals surface area contributed by atoms with Crippen molar-refractivity contribution in [1.29, 1.82) is 0 Å². The highest BCUT2D eigenvalue weighted by Crippen LogP contribution is 2.66. The lowest BCUT2D eigenvalue weighted by molar-refractivity contribution is -0.145. The summed E-state index contributed by atoms with van der Waals surface area (Å²) >= 11 is 0. The highest BCUT2D eigenvalue weighted by molar-refractivity contribution is 5.79. The summed E-state index contributed by atoms with van der Waals surface area (Å²) in [4.78, 5) is 12.1. The van der Waals surface area contributed by atoms with Crippen molar-refractivity contribution in [2.45, 2.75) is 117 Å². The summed E-state index contributed by atoms with van der Waals surface area (Å²) in [6.45, 7) is 10.3. The third-order valence-electron chi connectivity index (χ3n) is 9.77. The fraction of sp³-hybridized carbons (Fsp3) is 0.963. The lowest BCUT2D eigenvalue weighted by Gasteiger charge is -2.60. The molecule has 3 heteroatoms. The fourth-order valence-corrected chi connectivity index (χ4v) is 8.06. The molecule has 30 heavy (non-hydrogen) atoms. The standard InChI is InChI=1S/C25H42O3.C2H6/c1-24-13-11-19(27)17-18(24)7-8-20-21-9-10-23(25(21,2)14-12-22(20)24)28-16-6-4-3-5-15-26;1-2/h18,20-23,26H,3-17H2,1-2H3;1-2H3. The monoisotopic (exact) mass is 420 g/mol. The molecule has 0 aromatic heterocycles. The van der Waals surface area contributed by atoms with E-state index in [1.54, 1.807) is 0 Å². The first kappa shape index (κ1) is 24.2. The van der Waals surface area contributed by atoms with E-state index in [-0.39, 0.29) is 0 Å². The third-order valence-corrected chi connectivity index (χ3v) is 9.77. The number of Topliss-reactive ketones (excluding diaryl/α,β-unsaturated/α-hetero) is 1. The number of aliphatic hydroxyl groups excluding tert-OH is 1. The highest BCUT2D eigenvalue weighted by Gasteiger charge is 2.60. The molecule has 0 radical (unpaired) electrons. The number of carbonyl (C=O) groups is 1. The number of carbonyl (C=O) groups excluding carboxylic acids is 1. The molecule has 0 aliphatic heterocycles. The van der Waals surface area contributed by atoms with Gasteiger partial charge in [0.1, 0.15) is 5.78 Å². The zero-order chi connectivity index (χ0) is 21.8. The summed E-state index contributed by atoms with van der Waals surface area (Å²) in [5.41, 5.74) is 0.795. The van der Waals surface area contributed by atoms with Gasteiger partial charge in [0.05, 0.1) is 6.10 Å². The minimum atomic E-state index is 0.319. The molecule has 4 aliphatic carbocycles. The SMILES string of the molecule is CC.CC12CCC(=O)CC1CCC1C2CCC2(C)C(OCCCCCCO)CCC12. The van der Waals surface area contributed by atoms with E-state index in [0.29, 0.717) is 35.2 Å². The van der Waals surface area contributed by atoms with Gasteiger partial charge in [0.25, 0.3) is 0 Å². The Morgan fingerprint density at radius 1 is 0.900 bits per heavy atom. The number of ketones is 1. The number of hydrogen-bond acceptors (Lipinski definition) is 3. The van der Waals surface area contributed by atoms with Crippen molar-refractivity contribution in [1.82, 2.24) is 0 Å². The molecule has 0 saturated heterocycles. The summed E-state index contributed by atoms with van der Waals surface area (Å²) in [5, 5.41) is 8.91. The maximum atomic E-state index is 12.1. The van der Waals surface area contributed by atoms with Crippen LogP contribution in [0.5, 0.6) is 0 Å². The van der Waals surface area contributed by atoms with Crippen LogP contribution < -0.4 is 0 Å². The van der Waals surface area contributed by atoms with Crippen LogP contribution in [0.1, 0.15) is 111 Å². The van der Waals surface area contributed by atoms with Crippen molar-refractivity contribution >= 4 is 5.78 Å². The molecule has 4 fully saturated rings. The van der Waals surface area contributed by atoms with Crippen LogP contribution in [-0.4, -0.2) is 30.2 Å². The van der Waals surface area contributed by atoms with Crippen LogP contribution in [0.15, 0.2) is 0 Å². The van der Waals surface area contributed by atoms with E-state index in [0.717, 1.165) is 62.9 Å². The lowest BCUT2D eigenvalue weighted by atomic mass is 9.45. The first-order valence-corrected chi connectivity index (χ1v) is 13.2. The van der Waals surface area contributed by atoms with Crippen LogP contribution in [0.4, 0.5) is 0 Å². The quantitative estimate of drug-likeness (QED) is 0.474. The zero-order valence-electron chi connectivity index (χ0n) is 20.3. The minimum absolute atomic E-state index is 0.319. The average Bonchev–Trinajstić information content (AvgIpc) is 3.09. The van der Waals surface area contributed by atoms with Crippen LogP contribution in [0.3, 0.4) is 0 Å². The van der Waals surface area contributed by atoms with E-state index in [2.05, 4.69) is 13.8 Å². The molecule has 0 aromatic rings. The summed E-state index contributed by atoms with van der Waals surface area (Å²) in [6.07, 6.45) is 15.6. The van der Waals surface area contributed by atoms with Gasteiger partial charge in [0.15, 0.2) is 0 Å². The molecule has 4 saturated carbocycles. The third kappa shape index (κ3) is 4.53. The molecule has 4 aliphatic rings. The Hall–Kier alpha value is -0.410. The number of fused-ring (bicyclic) bond motifs is 5. The first-order valence-electron chi connectivity index (χ1n) is 13.2. The molecule has 0 amide bonds. The van der Waals surface area contributed by atoms with Crippen LogP contribution in [-0.2, 0) is 9.53 Å². The molecule has 3 nitrogen and oxygen atoms in total. The summed E-state index contributed by atoms with van der Waals surface area (Å²) in [5.74, 6) is 3.73. The van der Waals surface area contributed by atoms with Gasteiger partial charge in [0, 0.05) is 26.1 Å². The molecule has 4 rings (SSSR count). The molecular formula is C27H48O3. The lowest BCUT2D eigenvalue weighted by Crippen LogP contribution is -2.54. The molecule has 0 aromatic carbocycles. The van der Waals surface area contributed by atoms with Crippen molar-refractivity contribution in [2.75, 3.05) is 13.2 Å². The van der Waals surface area contributed by atoms with Crippen molar-refractivity contribution in [3.05, 3.63) is 0 Å². The predicted octanol–water partition coefficient (Wildman–Crippen LogP) is 6.56. The van der Waals surface area contributed by atoms with Crippen molar-refractivity contribution in [3.8, 4) is 0 Å². The van der Waals surface area contributed by atoms with E-state index >= 15 is 0 Å². The molecular weight excluding hydrogens is 372 g/mol. The second kappa shape index (κ2) is 10.5. The van der Waals surface area contributed by atoms with Gasteiger partial charge in [-0.25, -0.2) is 0 Å². The Bertz CT molecular complexity index is 560. The van der Waals surface area contributed by atoms with Gasteiger partial charge in [-0.2, -0.15) is 0 Å². The predicted molar refractivity (Wildman–Crippen MR) is 123 cm³/mol. The van der Waals surface area contributed by atoms with E-state index in [9.17, 15) is 4.79 Å². The summed E-state index contributed by atoms with van der Waals surface area (Å²) in [6, 6.07) is 0. The first-order chi connectivity index (χ1) is 14.5. The van der Waals surface area contributed by atoms with Crippen LogP contribution in [0.2, 0.25) is 0 Å². The van der Waals surface area contributed by atoms with Gasteiger partial charge in [-0.05, 0) is 92.3 Å². The van der Waals surface area contributed by atoms with E-state index in [1.165, 1.54) is 44.9 Å². The minimum Gasteiger partial charge on any atom is -0.396 e. The Balaban J connectivity index is 0.00000124. The van der Waals surface area contributed by atoms with E-state index in [4.69, 9.17) is 9.84 Å². The zero-order valence-corrected chi connectivity index (χ0v) is 20.3. The Labute approximate surface area is 185 Å². The van der Waals surface area contributed by atoms with Crippen LogP contribution in [0.25, 0.3) is 0 Å². The second-order valence-corrected chi connectivity index (χ2v) is 11.0. The number of aliphatic hydroxyl groups is 1. The topological polar surface area (TPSA) is 46.5 Å². The number of hydrogen-bond donors (Lipinski definition) is 1. The Morgan fingerprint density at radius 2 is 1.63 bits per heavy atom. The molecule has 1 N–H and O–H groups in total. The molecule has 174 valence electrons. The number of rotatable bonds is 7. The average molecular weight is 421 g/mol.